The van der Waals surface area contributed by atoms with E-state index in [2.05, 4.69) is 15.3 Å². The highest BCUT2D eigenvalue weighted by molar-refractivity contribution is 6.24. The molecule has 0 saturated carbocycles. The molecule has 6 rings (SSSR count). The van der Waals surface area contributed by atoms with Crippen LogP contribution < -0.4 is 10.1 Å². The van der Waals surface area contributed by atoms with E-state index >= 15 is 0 Å². The first-order valence-electron chi connectivity index (χ1n) is 20.0. The molecule has 0 aliphatic carbocycles. The maximum atomic E-state index is 14.4. The number of allylic oxidation sites excluding steroid dienone is 2. The highest BCUT2D eigenvalue weighted by Gasteiger charge is 2.50. The van der Waals surface area contributed by atoms with Gasteiger partial charge in [0.2, 0.25) is 0 Å². The van der Waals surface area contributed by atoms with Crippen molar-refractivity contribution in [3.05, 3.63) is 52.8 Å². The smallest absolute Gasteiger partial charge is 0.312 e. The fourth-order valence-electron chi connectivity index (χ4n) is 8.00. The van der Waals surface area contributed by atoms with E-state index in [9.17, 15) is 45.0 Å². The van der Waals surface area contributed by atoms with Crippen LogP contribution in [0.15, 0.2) is 41.2 Å². The summed E-state index contributed by atoms with van der Waals surface area (Å²) >= 11 is 0. The van der Waals surface area contributed by atoms with Crippen LogP contribution in [0.3, 0.4) is 0 Å². The Hall–Kier alpha value is -5.20. The first-order valence-corrected chi connectivity index (χ1v) is 20.0. The van der Waals surface area contributed by atoms with E-state index in [1.807, 2.05) is 7.05 Å². The van der Waals surface area contributed by atoms with Crippen molar-refractivity contribution in [2.24, 2.45) is 28.8 Å². The van der Waals surface area contributed by atoms with Gasteiger partial charge in [0.05, 0.1) is 59.6 Å². The molecule has 328 valence electrons. The number of ether oxygens (including phenoxy) is 4. The van der Waals surface area contributed by atoms with Crippen molar-refractivity contribution in [1.29, 1.82) is 0 Å². The lowest BCUT2D eigenvalue weighted by Gasteiger charge is -2.38. The number of aromatic hydroxyl groups is 3. The molecular formula is C43H58N4O13. The summed E-state index contributed by atoms with van der Waals surface area (Å²) in [5.41, 5.74) is -0.956. The minimum atomic E-state index is -2.07. The van der Waals surface area contributed by atoms with Crippen molar-refractivity contribution in [3.8, 4) is 23.0 Å². The summed E-state index contributed by atoms with van der Waals surface area (Å²) in [5.74, 6) is -9.03. The van der Waals surface area contributed by atoms with E-state index in [4.69, 9.17) is 18.9 Å². The summed E-state index contributed by atoms with van der Waals surface area (Å²) in [7, 11) is 3.39. The summed E-state index contributed by atoms with van der Waals surface area (Å²) in [5, 5.41) is 76.9. The first-order chi connectivity index (χ1) is 28.3. The van der Waals surface area contributed by atoms with E-state index in [0.29, 0.717) is 26.2 Å². The van der Waals surface area contributed by atoms with Gasteiger partial charge in [-0.2, -0.15) is 5.10 Å². The molecule has 0 radical (unpaired) electrons. The van der Waals surface area contributed by atoms with E-state index < -0.39 is 95.4 Å². The summed E-state index contributed by atoms with van der Waals surface area (Å²) in [6.45, 7) is 12.5. The Kier molecular flexibility index (Phi) is 14.2. The van der Waals surface area contributed by atoms with Gasteiger partial charge in [0.1, 0.15) is 23.4 Å². The van der Waals surface area contributed by atoms with E-state index in [1.54, 1.807) is 38.8 Å². The average Bonchev–Trinajstić information content (AvgIpc) is 3.48. The molecule has 4 aliphatic heterocycles. The number of esters is 1. The quantitative estimate of drug-likeness (QED) is 0.0990. The fourth-order valence-corrected chi connectivity index (χ4v) is 8.00. The molecule has 1 fully saturated rings. The molecule has 0 aromatic heterocycles. The van der Waals surface area contributed by atoms with Gasteiger partial charge in [0.25, 0.3) is 11.7 Å². The zero-order valence-electron chi connectivity index (χ0n) is 35.5. The third-order valence-corrected chi connectivity index (χ3v) is 11.9. The summed E-state index contributed by atoms with van der Waals surface area (Å²) in [4.78, 5) is 42.7. The Balaban J connectivity index is 1.72. The molecule has 4 aliphatic rings. The third-order valence-electron chi connectivity index (χ3n) is 11.9. The number of amides is 1. The van der Waals surface area contributed by atoms with Crippen molar-refractivity contribution >= 4 is 40.3 Å². The number of ketones is 1. The predicted octanol–water partition coefficient (Wildman–Crippen LogP) is 3.31. The molecule has 0 spiro atoms. The monoisotopic (exact) mass is 838 g/mol. The Morgan fingerprint density at radius 1 is 0.983 bits per heavy atom. The van der Waals surface area contributed by atoms with Crippen LogP contribution in [-0.2, 0) is 23.8 Å². The molecule has 5 bridgehead atoms. The van der Waals surface area contributed by atoms with Gasteiger partial charge in [-0.1, -0.05) is 45.9 Å². The number of aliphatic hydroxyl groups is 3. The van der Waals surface area contributed by atoms with Crippen LogP contribution in [-0.4, -0.2) is 142 Å². The maximum Gasteiger partial charge on any atom is 0.312 e. The molecule has 2 aromatic rings. The van der Waals surface area contributed by atoms with Crippen molar-refractivity contribution in [2.75, 3.05) is 52.3 Å². The number of carbonyl (C=O) groups excluding carboxylic acids is 3. The molecule has 9 atom stereocenters. The van der Waals surface area contributed by atoms with Crippen LogP contribution in [0, 0.1) is 30.6 Å². The molecular weight excluding hydrogens is 780 g/mol. The summed E-state index contributed by atoms with van der Waals surface area (Å²) < 4.78 is 23.6. The number of benzene rings is 2. The first kappa shape index (κ1) is 45.9. The molecule has 60 heavy (non-hydrogen) atoms. The molecule has 17 nitrogen and oxygen atoms in total. The Morgan fingerprint density at radius 2 is 1.65 bits per heavy atom. The van der Waals surface area contributed by atoms with Gasteiger partial charge in [-0.3, -0.25) is 19.4 Å². The minimum absolute atomic E-state index is 0.0188. The van der Waals surface area contributed by atoms with Crippen LogP contribution in [0.5, 0.6) is 23.0 Å². The number of aliphatic hydroxyl groups excluding tert-OH is 3. The maximum absolute atomic E-state index is 14.4. The van der Waals surface area contributed by atoms with E-state index in [0.717, 1.165) is 0 Å². The van der Waals surface area contributed by atoms with Gasteiger partial charge in [-0.25, -0.2) is 0 Å². The minimum Gasteiger partial charge on any atom is -0.507 e. The van der Waals surface area contributed by atoms with Gasteiger partial charge in [-0.05, 0) is 20.0 Å². The van der Waals surface area contributed by atoms with Gasteiger partial charge in [-0.15, -0.1) is 0 Å². The number of rotatable bonds is 5. The zero-order valence-corrected chi connectivity index (χ0v) is 35.5. The number of carbonyl (C=O) groups is 3. The second-order valence-electron chi connectivity index (χ2n) is 16.1. The molecule has 2 aromatic carbocycles. The van der Waals surface area contributed by atoms with Crippen LogP contribution in [0.25, 0.3) is 10.8 Å². The fraction of sp³-hybridized carbons (Fsp3) is 0.535. The molecule has 1 amide bonds. The van der Waals surface area contributed by atoms with Crippen LogP contribution in [0.4, 0.5) is 5.69 Å². The van der Waals surface area contributed by atoms with Gasteiger partial charge < -0.3 is 59.8 Å². The number of nitrogens with zero attached hydrogens (tertiary/aromatic N) is 3. The number of phenolic OH excluding ortho intramolecular Hbond substituents is 3. The molecule has 17 heteroatoms. The van der Waals surface area contributed by atoms with Crippen LogP contribution in [0.1, 0.15) is 63.0 Å². The SMILES string of the molecule is CO[C@H]1C=CO[C@@]2(C)Oc3c(C)c(O)c4c(O)c(c(/C=N/N5CCN(C)CC5)c(O)c4c3C2=O)NC(=O)/C(CO)=C\C=C\[C@H](C)[C@H](O)C(C)[C@@H](O)[C@@H](C)[C@H](OC(C)=O)C1C. The van der Waals surface area contributed by atoms with Crippen molar-refractivity contribution in [1.82, 2.24) is 9.91 Å². The highest BCUT2D eigenvalue weighted by Crippen LogP contribution is 2.55. The Labute approximate surface area is 349 Å². The van der Waals surface area contributed by atoms with Crippen molar-refractivity contribution in [2.45, 2.75) is 78.7 Å². The lowest BCUT2D eigenvalue weighted by Crippen LogP contribution is -2.46. The van der Waals surface area contributed by atoms with Gasteiger partial charge in [0, 0.05) is 87.3 Å². The summed E-state index contributed by atoms with van der Waals surface area (Å²) in [6, 6.07) is 0. The lowest BCUT2D eigenvalue weighted by molar-refractivity contribution is -0.160. The normalized spacial score (nSPS) is 31.2. The topological polar surface area (TPSA) is 240 Å². The van der Waals surface area contributed by atoms with Gasteiger partial charge in [0.15, 0.2) is 5.75 Å². The highest BCUT2D eigenvalue weighted by atomic mass is 16.7. The molecule has 2 unspecified atom stereocenters. The summed E-state index contributed by atoms with van der Waals surface area (Å²) in [6.07, 6.45) is 4.21. The Morgan fingerprint density at radius 3 is 2.27 bits per heavy atom. The molecule has 1 saturated heterocycles. The number of nitrogens with one attached hydrogen (secondary N) is 1. The number of methoxy groups -OCH3 is 1. The number of anilines is 1. The number of likely N-dealkylation sites (N-methyl/N-ethyl adjacent to an activating group) is 1. The Bertz CT molecular complexity index is 2090. The second kappa shape index (κ2) is 18.6. The lowest BCUT2D eigenvalue weighted by atomic mass is 9.78. The van der Waals surface area contributed by atoms with Gasteiger partial charge >= 0.3 is 11.8 Å². The molecule has 4 heterocycles. The van der Waals surface area contributed by atoms with Crippen molar-refractivity contribution in [3.63, 3.8) is 0 Å². The van der Waals surface area contributed by atoms with E-state index in [1.165, 1.54) is 58.6 Å². The number of phenols is 3. The number of fused-ring (bicyclic) bond motifs is 14. The number of Topliss-reactive ketones (excluding diaryl/α,β-unsaturated/α-hetero) is 1. The van der Waals surface area contributed by atoms with Crippen LogP contribution >= 0.6 is 0 Å². The number of hydrogen-bond acceptors (Lipinski definition) is 16. The number of hydrazone groups is 1. The third kappa shape index (κ3) is 8.95. The van der Waals surface area contributed by atoms with Crippen molar-refractivity contribution < 1.29 is 64.0 Å². The van der Waals surface area contributed by atoms with Crippen LogP contribution in [0.2, 0.25) is 0 Å². The second-order valence-corrected chi connectivity index (χ2v) is 16.1. The zero-order chi connectivity index (χ0) is 44.4. The molecule has 7 N–H and O–H groups in total. The van der Waals surface area contributed by atoms with E-state index in [-0.39, 0.29) is 44.5 Å². The number of hydrogen-bond donors (Lipinski definition) is 7. The number of piperazine rings is 1. The standard InChI is InChI=1S/C43H58N4O13/c1-21-11-10-12-27(20-48)42(56)45-33-28(19-44-47-16-14-46(8)15-17-47)37(53)30-31(38(33)54)36(52)25(5)40-32(30)41(55)43(7,60-40)58-18-13-29(57-9)22(2)39(59-26(6)49)24(4)35(51)23(3)34(21)50/h10-13,18-19,21-24,29,34-35,39,48,50-54H,14-17,20H2,1-9H3,(H,45,56)/b11-10+,18-13?,27-12-,44-19+/t21-,22?,23?,24+,29-,34-,35+,39+,43-/m0/s1. The predicted molar refractivity (Wildman–Crippen MR) is 222 cm³/mol. The largest absolute Gasteiger partial charge is 0.507 e. The average molecular weight is 839 g/mol.